The van der Waals surface area contributed by atoms with Gasteiger partial charge in [-0.3, -0.25) is 4.40 Å². The lowest BCUT2D eigenvalue weighted by atomic mass is 10.1. The first-order valence-electron chi connectivity index (χ1n) is 5.74. The summed E-state index contributed by atoms with van der Waals surface area (Å²) in [7, 11) is 0. The Bertz CT molecular complexity index is 528. The summed E-state index contributed by atoms with van der Waals surface area (Å²) in [4.78, 5) is 18.1. The zero-order chi connectivity index (χ0) is 12.4. The van der Waals surface area contributed by atoms with Crippen molar-refractivity contribution in [2.45, 2.75) is 27.2 Å². The maximum atomic E-state index is 12.0. The summed E-state index contributed by atoms with van der Waals surface area (Å²) >= 11 is 1.61. The zero-order valence-electron chi connectivity index (χ0n) is 10.3. The fraction of sp³-hybridized carbons (Fsp3) is 0.500. The fourth-order valence-electron chi connectivity index (χ4n) is 1.76. The maximum absolute atomic E-state index is 12.0. The van der Waals surface area contributed by atoms with Gasteiger partial charge >= 0.3 is 5.97 Å². The van der Waals surface area contributed by atoms with Gasteiger partial charge in [-0.15, -0.1) is 11.3 Å². The molecule has 0 aromatic carbocycles. The molecule has 2 rings (SSSR count). The lowest BCUT2D eigenvalue weighted by molar-refractivity contribution is 0.0517. The van der Waals surface area contributed by atoms with E-state index in [-0.39, 0.29) is 5.97 Å². The van der Waals surface area contributed by atoms with Crippen LogP contribution in [0.1, 0.15) is 36.1 Å². The average molecular weight is 252 g/mol. The van der Waals surface area contributed by atoms with Gasteiger partial charge in [-0.2, -0.15) is 0 Å². The van der Waals surface area contributed by atoms with Crippen LogP contribution in [0.3, 0.4) is 0 Å². The molecule has 0 saturated heterocycles. The first-order valence-corrected chi connectivity index (χ1v) is 6.56. The van der Waals surface area contributed by atoms with Gasteiger partial charge in [0.1, 0.15) is 16.9 Å². The van der Waals surface area contributed by atoms with Crippen molar-refractivity contribution in [1.82, 2.24) is 9.38 Å². The Morgan fingerprint density at radius 1 is 1.59 bits per heavy atom. The minimum atomic E-state index is -0.257. The second kappa shape index (κ2) is 4.87. The van der Waals surface area contributed by atoms with E-state index in [1.807, 2.05) is 11.3 Å². The summed E-state index contributed by atoms with van der Waals surface area (Å²) < 4.78 is 6.92. The molecule has 0 radical (unpaired) electrons. The van der Waals surface area contributed by atoms with Crippen molar-refractivity contribution in [2.75, 3.05) is 6.61 Å². The number of fused-ring (bicyclic) bond motifs is 1. The Balaban J connectivity index is 2.46. The van der Waals surface area contributed by atoms with Crippen LogP contribution < -0.4 is 0 Å². The van der Waals surface area contributed by atoms with Gasteiger partial charge in [0.05, 0.1) is 12.8 Å². The molecular formula is C12H16N2O2S. The molecule has 0 saturated carbocycles. The highest BCUT2D eigenvalue weighted by Gasteiger charge is 2.20. The Labute approximate surface area is 104 Å². The number of rotatable bonds is 4. The minimum Gasteiger partial charge on any atom is -0.461 e. The Kier molecular flexibility index (Phi) is 3.47. The topological polar surface area (TPSA) is 43.6 Å². The summed E-state index contributed by atoms with van der Waals surface area (Å²) in [5, 5.41) is 0. The predicted octanol–water partition coefficient (Wildman–Crippen LogP) is 2.77. The normalized spacial score (nSPS) is 11.3. The second-order valence-corrected chi connectivity index (χ2v) is 5.41. The van der Waals surface area contributed by atoms with Crippen LogP contribution >= 0.6 is 11.3 Å². The summed E-state index contributed by atoms with van der Waals surface area (Å²) in [6.45, 7) is 6.49. The van der Waals surface area contributed by atoms with E-state index in [0.29, 0.717) is 18.2 Å². The van der Waals surface area contributed by atoms with Gasteiger partial charge in [0.15, 0.2) is 0 Å². The molecule has 2 heterocycles. The van der Waals surface area contributed by atoms with Gasteiger partial charge in [0, 0.05) is 4.88 Å². The third kappa shape index (κ3) is 2.34. The van der Waals surface area contributed by atoms with Crippen molar-refractivity contribution >= 4 is 22.1 Å². The van der Waals surface area contributed by atoms with E-state index in [4.69, 9.17) is 4.74 Å². The molecule has 0 aliphatic rings. The summed E-state index contributed by atoms with van der Waals surface area (Å²) in [6, 6.07) is 0. The van der Waals surface area contributed by atoms with Gasteiger partial charge < -0.3 is 4.74 Å². The number of hydrogen-bond donors (Lipinski definition) is 0. The molecule has 92 valence electrons. The highest BCUT2D eigenvalue weighted by atomic mass is 32.1. The molecule has 0 N–H and O–H groups in total. The van der Waals surface area contributed by atoms with Gasteiger partial charge in [0.25, 0.3) is 0 Å². The Morgan fingerprint density at radius 2 is 2.35 bits per heavy atom. The largest absolute Gasteiger partial charge is 0.461 e. The smallest absolute Gasteiger partial charge is 0.356 e. The minimum absolute atomic E-state index is 0.257. The molecular weight excluding hydrogens is 236 g/mol. The summed E-state index contributed by atoms with van der Waals surface area (Å²) in [6.07, 6.45) is 4.33. The number of thiazole rings is 1. The van der Waals surface area contributed by atoms with Crippen LogP contribution in [0.5, 0.6) is 0 Å². The number of ether oxygens (including phenoxy) is 1. The lowest BCUT2D eigenvalue weighted by Gasteiger charge is -2.06. The molecule has 0 bridgehead atoms. The van der Waals surface area contributed by atoms with E-state index in [9.17, 15) is 4.79 Å². The molecule has 0 atom stereocenters. The molecule has 17 heavy (non-hydrogen) atoms. The number of aromatic nitrogens is 2. The molecule has 0 aliphatic heterocycles. The number of nitrogens with zero attached hydrogens (tertiary/aromatic N) is 2. The number of esters is 1. The fourth-order valence-corrected chi connectivity index (χ4v) is 3.05. The van der Waals surface area contributed by atoms with E-state index >= 15 is 0 Å². The molecule has 0 unspecified atom stereocenters. The number of carbonyl (C=O) groups is 1. The highest BCUT2D eigenvalue weighted by molar-refractivity contribution is 7.17. The van der Waals surface area contributed by atoms with Crippen LogP contribution in [0.4, 0.5) is 0 Å². The van der Waals surface area contributed by atoms with Gasteiger partial charge in [0.2, 0.25) is 0 Å². The molecule has 0 aliphatic carbocycles. The number of hydrogen-bond acceptors (Lipinski definition) is 4. The highest BCUT2D eigenvalue weighted by Crippen LogP contribution is 2.26. The monoisotopic (exact) mass is 252 g/mol. The van der Waals surface area contributed by atoms with E-state index in [1.165, 1.54) is 0 Å². The predicted molar refractivity (Wildman–Crippen MR) is 67.6 cm³/mol. The van der Waals surface area contributed by atoms with Crippen molar-refractivity contribution in [3.8, 4) is 0 Å². The van der Waals surface area contributed by atoms with E-state index in [2.05, 4.69) is 18.8 Å². The first kappa shape index (κ1) is 12.1. The lowest BCUT2D eigenvalue weighted by Crippen LogP contribution is -2.10. The van der Waals surface area contributed by atoms with Crippen LogP contribution in [0.2, 0.25) is 0 Å². The molecule has 4 nitrogen and oxygen atoms in total. The summed E-state index contributed by atoms with van der Waals surface area (Å²) in [5.74, 6) is 0.256. The quantitative estimate of drug-likeness (QED) is 0.786. The third-order valence-electron chi connectivity index (χ3n) is 2.40. The molecule has 0 amide bonds. The van der Waals surface area contributed by atoms with E-state index in [1.54, 1.807) is 23.9 Å². The van der Waals surface area contributed by atoms with Crippen molar-refractivity contribution in [3.05, 3.63) is 23.1 Å². The Hall–Kier alpha value is -1.36. The van der Waals surface area contributed by atoms with E-state index < -0.39 is 0 Å². The third-order valence-corrected chi connectivity index (χ3v) is 3.52. The first-order chi connectivity index (χ1) is 8.13. The van der Waals surface area contributed by atoms with Crippen LogP contribution in [0, 0.1) is 5.92 Å². The van der Waals surface area contributed by atoms with Crippen molar-refractivity contribution in [2.24, 2.45) is 5.92 Å². The SMILES string of the molecule is CCOC(=O)c1c(CC(C)C)sc2cncn12. The zero-order valence-corrected chi connectivity index (χ0v) is 11.1. The Morgan fingerprint density at radius 3 is 3.00 bits per heavy atom. The van der Waals surface area contributed by atoms with E-state index in [0.717, 1.165) is 16.1 Å². The van der Waals surface area contributed by atoms with Gasteiger partial charge in [-0.25, -0.2) is 9.78 Å². The number of imidazole rings is 1. The summed E-state index contributed by atoms with van der Waals surface area (Å²) in [5.41, 5.74) is 0.637. The van der Waals surface area contributed by atoms with Crippen LogP contribution in [0.25, 0.3) is 4.83 Å². The van der Waals surface area contributed by atoms with Gasteiger partial charge in [-0.05, 0) is 19.3 Å². The maximum Gasteiger partial charge on any atom is 0.356 e. The average Bonchev–Trinajstić information content (AvgIpc) is 2.76. The van der Waals surface area contributed by atoms with Crippen LogP contribution in [-0.2, 0) is 11.2 Å². The molecule has 5 heteroatoms. The van der Waals surface area contributed by atoms with Gasteiger partial charge in [-0.1, -0.05) is 13.8 Å². The number of carbonyl (C=O) groups excluding carboxylic acids is 1. The second-order valence-electron chi connectivity index (χ2n) is 4.29. The molecule has 2 aromatic heterocycles. The molecule has 0 fully saturated rings. The molecule has 0 spiro atoms. The van der Waals surface area contributed by atoms with Crippen molar-refractivity contribution < 1.29 is 9.53 Å². The molecule has 2 aromatic rings. The van der Waals surface area contributed by atoms with Crippen molar-refractivity contribution in [3.63, 3.8) is 0 Å². The van der Waals surface area contributed by atoms with Crippen molar-refractivity contribution in [1.29, 1.82) is 0 Å². The van der Waals surface area contributed by atoms with Crippen LogP contribution in [-0.4, -0.2) is 22.0 Å². The van der Waals surface area contributed by atoms with Crippen LogP contribution in [0.15, 0.2) is 12.5 Å². The standard InChI is InChI=1S/C12H16N2O2S/c1-4-16-12(15)11-9(5-8(2)3)17-10-6-13-7-14(10)11/h6-8H,4-5H2,1-3H3.